The van der Waals surface area contributed by atoms with Crippen molar-refractivity contribution in [3.8, 4) is 0 Å². The second kappa shape index (κ2) is 12.5. The molecule has 2 heterocycles. The molecule has 3 amide bonds. The second-order valence-electron chi connectivity index (χ2n) is 10.6. The van der Waals surface area contributed by atoms with E-state index in [4.69, 9.17) is 0 Å². The van der Waals surface area contributed by atoms with Gasteiger partial charge in [-0.1, -0.05) is 86.6 Å². The predicted octanol–water partition coefficient (Wildman–Crippen LogP) is 4.92. The summed E-state index contributed by atoms with van der Waals surface area (Å²) in [5, 5.41) is 3.22. The Morgan fingerprint density at radius 2 is 1.57 bits per heavy atom. The van der Waals surface area contributed by atoms with Crippen LogP contribution in [0.25, 0.3) is 15.9 Å². The van der Waals surface area contributed by atoms with E-state index >= 15 is 0 Å². The van der Waals surface area contributed by atoms with Gasteiger partial charge in [0.2, 0.25) is 17.6 Å². The molecular weight excluding hydrogens is 548 g/mol. The number of hydrogen-bond acceptors (Lipinski definition) is 6. The summed E-state index contributed by atoms with van der Waals surface area (Å²) < 4.78 is 0.886. The third-order valence-electron chi connectivity index (χ3n) is 7.18. The average molecular weight is 581 g/mol. The van der Waals surface area contributed by atoms with E-state index in [1.807, 2.05) is 98.8 Å². The molecule has 0 saturated heterocycles. The van der Waals surface area contributed by atoms with Crippen LogP contribution in [0.15, 0.2) is 91.1 Å². The van der Waals surface area contributed by atoms with Gasteiger partial charge in [0.15, 0.2) is 5.01 Å². The molecule has 0 spiro atoms. The smallest absolute Gasteiger partial charge is 0.250 e. The van der Waals surface area contributed by atoms with Crippen molar-refractivity contribution < 1.29 is 19.2 Å². The molecule has 0 bridgehead atoms. The van der Waals surface area contributed by atoms with E-state index in [9.17, 15) is 19.2 Å². The van der Waals surface area contributed by atoms with E-state index in [0.29, 0.717) is 16.3 Å². The first-order chi connectivity index (χ1) is 20.2. The lowest BCUT2D eigenvalue weighted by molar-refractivity contribution is -0.144. The normalized spacial score (nSPS) is 16.0. The maximum Gasteiger partial charge on any atom is 0.250 e. The fraction of sp³-hybridized carbons (Fsp3) is 0.242. The molecule has 0 radical (unpaired) electrons. The highest BCUT2D eigenvalue weighted by Gasteiger charge is 2.40. The van der Waals surface area contributed by atoms with E-state index in [0.717, 1.165) is 15.8 Å². The number of benzene rings is 3. The molecule has 42 heavy (non-hydrogen) atoms. The Hall–Kier alpha value is -4.63. The number of ketones is 1. The lowest BCUT2D eigenvalue weighted by atomic mass is 9.97. The third kappa shape index (κ3) is 6.16. The van der Waals surface area contributed by atoms with Crippen LogP contribution in [-0.4, -0.2) is 56.9 Å². The molecule has 3 aromatic carbocycles. The van der Waals surface area contributed by atoms with Crippen molar-refractivity contribution >= 4 is 50.8 Å². The molecule has 0 aliphatic carbocycles. The zero-order valence-corrected chi connectivity index (χ0v) is 24.5. The quantitative estimate of drug-likeness (QED) is 0.283. The zero-order chi connectivity index (χ0) is 29.8. The Kier molecular flexibility index (Phi) is 8.59. The largest absolute Gasteiger partial charge is 0.344 e. The molecule has 1 aromatic heterocycles. The maximum absolute atomic E-state index is 13.9. The Morgan fingerprint density at radius 3 is 2.21 bits per heavy atom. The molecule has 1 N–H and O–H groups in total. The molecule has 214 valence electrons. The van der Waals surface area contributed by atoms with E-state index in [-0.39, 0.29) is 36.5 Å². The summed E-state index contributed by atoms with van der Waals surface area (Å²) in [6, 6.07) is 24.5. The molecule has 0 fully saturated rings. The van der Waals surface area contributed by atoms with Crippen LogP contribution in [0.1, 0.15) is 41.7 Å². The Balaban J connectivity index is 1.45. The first-order valence-electron chi connectivity index (χ1n) is 13.8. The first-order valence-corrected chi connectivity index (χ1v) is 14.6. The molecule has 4 aromatic rings. The molecule has 1 aliphatic heterocycles. The van der Waals surface area contributed by atoms with Crippen LogP contribution in [0.5, 0.6) is 0 Å². The monoisotopic (exact) mass is 580 g/mol. The minimum absolute atomic E-state index is 0.188. The van der Waals surface area contributed by atoms with Crippen molar-refractivity contribution in [1.29, 1.82) is 0 Å². The number of amides is 3. The van der Waals surface area contributed by atoms with Gasteiger partial charge in [-0.2, -0.15) is 0 Å². The number of nitrogens with one attached hydrogen (secondary N) is 1. The summed E-state index contributed by atoms with van der Waals surface area (Å²) in [6.45, 7) is 4.84. The van der Waals surface area contributed by atoms with Crippen LogP contribution in [-0.2, 0) is 20.8 Å². The van der Waals surface area contributed by atoms with E-state index in [2.05, 4.69) is 10.3 Å². The number of Topliss-reactive ketones (excluding diaryl/α,β-unsaturated/α-hetero) is 1. The van der Waals surface area contributed by atoms with Crippen molar-refractivity contribution in [2.45, 2.75) is 39.3 Å². The van der Waals surface area contributed by atoms with Gasteiger partial charge in [0, 0.05) is 19.5 Å². The maximum atomic E-state index is 13.9. The van der Waals surface area contributed by atoms with Crippen molar-refractivity contribution in [2.75, 3.05) is 6.54 Å². The zero-order valence-electron chi connectivity index (χ0n) is 23.7. The standard InChI is InChI=1S/C33H32N4O4S/c1-21(2)30-33(41)37(27(19-36(30)22(3)38)24-14-8-5-9-15-24)20-29(39)34-26(18-23-12-6-4-7-13-23)31(40)32-35-25-16-10-11-17-28(25)42-32/h4-17,19,21,26,30H,18,20H2,1-3H3,(H,34,39)/t26-,30-/m0/s1. The average Bonchev–Trinajstić information content (AvgIpc) is 3.42. The SMILES string of the molecule is CC(=O)N1C=C(c2ccccc2)N(CC(=O)N[C@@H](Cc2ccccc2)C(=O)c2nc3ccccc3s2)C(=O)[C@@H]1C(C)C. The molecular formula is C33H32N4O4S. The number of rotatable bonds is 9. The van der Waals surface area contributed by atoms with Crippen molar-refractivity contribution in [3.05, 3.63) is 107 Å². The molecule has 2 atom stereocenters. The Morgan fingerprint density at radius 1 is 0.929 bits per heavy atom. The fourth-order valence-corrected chi connectivity index (χ4v) is 6.10. The van der Waals surface area contributed by atoms with Crippen LogP contribution in [0.4, 0.5) is 0 Å². The summed E-state index contributed by atoms with van der Waals surface area (Å²) in [6.07, 6.45) is 1.91. The van der Waals surface area contributed by atoms with Gasteiger partial charge in [-0.3, -0.25) is 24.1 Å². The molecule has 8 nitrogen and oxygen atoms in total. The molecule has 1 aliphatic rings. The highest BCUT2D eigenvalue weighted by molar-refractivity contribution is 7.20. The van der Waals surface area contributed by atoms with Gasteiger partial charge < -0.3 is 10.2 Å². The number of carbonyl (C=O) groups is 4. The number of hydrogen-bond donors (Lipinski definition) is 1. The van der Waals surface area contributed by atoms with Gasteiger partial charge in [0.05, 0.1) is 22.0 Å². The van der Waals surface area contributed by atoms with Crippen LogP contribution >= 0.6 is 11.3 Å². The number of para-hydroxylation sites is 1. The number of thiazole rings is 1. The number of fused-ring (bicyclic) bond motifs is 1. The molecule has 9 heteroatoms. The second-order valence-corrected chi connectivity index (χ2v) is 11.6. The van der Waals surface area contributed by atoms with Gasteiger partial charge >= 0.3 is 0 Å². The lowest BCUT2D eigenvalue weighted by Crippen LogP contribution is -2.56. The Labute approximate surface area is 248 Å². The van der Waals surface area contributed by atoms with Crippen LogP contribution < -0.4 is 5.32 Å². The third-order valence-corrected chi connectivity index (χ3v) is 8.23. The molecule has 5 rings (SSSR count). The van der Waals surface area contributed by atoms with Crippen LogP contribution in [0, 0.1) is 5.92 Å². The highest BCUT2D eigenvalue weighted by Crippen LogP contribution is 2.30. The van der Waals surface area contributed by atoms with E-state index < -0.39 is 18.0 Å². The summed E-state index contributed by atoms with van der Waals surface area (Å²) >= 11 is 1.29. The fourth-order valence-electron chi connectivity index (χ4n) is 5.14. The molecule has 0 unspecified atom stereocenters. The van der Waals surface area contributed by atoms with Gasteiger partial charge in [0.1, 0.15) is 12.6 Å². The molecule has 0 saturated carbocycles. The Bertz CT molecular complexity index is 1620. The predicted molar refractivity (Wildman–Crippen MR) is 163 cm³/mol. The van der Waals surface area contributed by atoms with Gasteiger partial charge in [-0.05, 0) is 29.2 Å². The van der Waals surface area contributed by atoms with Gasteiger partial charge in [-0.25, -0.2) is 4.98 Å². The van der Waals surface area contributed by atoms with Crippen molar-refractivity contribution in [3.63, 3.8) is 0 Å². The van der Waals surface area contributed by atoms with Gasteiger partial charge in [0.25, 0.3) is 5.91 Å². The first kappa shape index (κ1) is 28.9. The van der Waals surface area contributed by atoms with E-state index in [1.165, 1.54) is 28.1 Å². The summed E-state index contributed by atoms with van der Waals surface area (Å²) in [5.74, 6) is -1.58. The minimum atomic E-state index is -0.890. The van der Waals surface area contributed by atoms with Crippen molar-refractivity contribution in [1.82, 2.24) is 20.1 Å². The van der Waals surface area contributed by atoms with Gasteiger partial charge in [-0.15, -0.1) is 11.3 Å². The minimum Gasteiger partial charge on any atom is -0.344 e. The van der Waals surface area contributed by atoms with Crippen LogP contribution in [0.2, 0.25) is 0 Å². The summed E-state index contributed by atoms with van der Waals surface area (Å²) in [4.78, 5) is 61.2. The summed E-state index contributed by atoms with van der Waals surface area (Å²) in [5.41, 5.74) is 2.74. The topological polar surface area (TPSA) is 99.7 Å². The number of aromatic nitrogens is 1. The number of carbonyl (C=O) groups excluding carboxylic acids is 4. The number of nitrogens with zero attached hydrogens (tertiary/aromatic N) is 3. The lowest BCUT2D eigenvalue weighted by Gasteiger charge is -2.40. The van der Waals surface area contributed by atoms with E-state index in [1.54, 1.807) is 6.20 Å². The summed E-state index contributed by atoms with van der Waals surface area (Å²) in [7, 11) is 0. The van der Waals surface area contributed by atoms with Crippen LogP contribution in [0.3, 0.4) is 0 Å². The highest BCUT2D eigenvalue weighted by atomic mass is 32.1. The van der Waals surface area contributed by atoms with Crippen molar-refractivity contribution in [2.24, 2.45) is 5.92 Å².